The molecule has 46 heavy (non-hydrogen) atoms. The van der Waals surface area contributed by atoms with Gasteiger partial charge in [-0.05, 0) is 86.5 Å². The summed E-state index contributed by atoms with van der Waals surface area (Å²) >= 11 is 0. The number of cyclic esters (lactones) is 1. The molecule has 13 heteroatoms. The first kappa shape index (κ1) is 34.2. The third-order valence-electron chi connectivity index (χ3n) is 12.3. The van der Waals surface area contributed by atoms with E-state index in [0.717, 1.165) is 44.1 Å². The summed E-state index contributed by atoms with van der Waals surface area (Å²) in [4.78, 5) is 52.3. The second-order valence-corrected chi connectivity index (χ2v) is 14.7. The number of carbonyl (C=O) groups is 4. The molecule has 5 aliphatic rings. The number of ether oxygens (including phenoxy) is 2. The number of nitrogens with one attached hydrogen (secondary N) is 1. The highest BCUT2D eigenvalue weighted by atomic mass is 16.5. The van der Waals surface area contributed by atoms with Crippen molar-refractivity contribution in [3.05, 3.63) is 11.6 Å². The molecule has 10 atom stereocenters. The lowest BCUT2D eigenvalue weighted by Gasteiger charge is -2.63. The van der Waals surface area contributed by atoms with E-state index in [9.17, 15) is 34.5 Å². The molecule has 1 heterocycles. The van der Waals surface area contributed by atoms with Gasteiger partial charge >= 0.3 is 17.9 Å². The third-order valence-corrected chi connectivity index (χ3v) is 12.3. The first-order valence-electron chi connectivity index (χ1n) is 16.7. The lowest BCUT2D eigenvalue weighted by atomic mass is 9.43. The standard InChI is InChI=1S/C33H50N4O9/c1-31-11-9-20(46-26(40)8-7-25(39)37-23(29(42)43)4-3-13-36-30(34)35)15-19(31)5-6-22-21(31)10-12-32(2)28(18-14-27(41)45-17-18)24(38)16-33(22,32)44/h14,19-24,28,38,44H,3-13,15-17H2,1-2H3,(H,37,39)(H,42,43)(H4,34,35,36)/t19-,20+,21+,22-,23+,24+,28+,31+,32-,33+/m1/s1. The van der Waals surface area contributed by atoms with Crippen LogP contribution in [-0.4, -0.2) is 82.1 Å². The van der Waals surface area contributed by atoms with Crippen LogP contribution in [-0.2, 0) is 28.7 Å². The lowest BCUT2D eigenvalue weighted by molar-refractivity contribution is -0.210. The maximum absolute atomic E-state index is 12.7. The maximum atomic E-state index is 12.7. The number of hydrogen-bond acceptors (Lipinski definition) is 9. The average Bonchev–Trinajstić information content (AvgIpc) is 3.49. The van der Waals surface area contributed by atoms with Crippen molar-refractivity contribution in [2.45, 2.75) is 115 Å². The van der Waals surface area contributed by atoms with E-state index in [1.165, 1.54) is 6.08 Å². The molecular formula is C33H50N4O9. The first-order valence-corrected chi connectivity index (χ1v) is 16.7. The number of carbonyl (C=O) groups excluding carboxylic acids is 3. The molecule has 0 aromatic rings. The summed E-state index contributed by atoms with van der Waals surface area (Å²) in [6.45, 7) is 4.82. The molecule has 0 radical (unpaired) electrons. The summed E-state index contributed by atoms with van der Waals surface area (Å²) < 4.78 is 11.0. The first-order chi connectivity index (χ1) is 21.7. The van der Waals surface area contributed by atoms with Crippen LogP contribution in [0.3, 0.4) is 0 Å². The number of aliphatic imine (C=N–C) groups is 1. The normalized spacial score (nSPS) is 38.7. The van der Waals surface area contributed by atoms with Gasteiger partial charge in [-0.25, -0.2) is 9.59 Å². The number of hydrogen-bond donors (Lipinski definition) is 6. The molecule has 0 saturated heterocycles. The molecule has 4 saturated carbocycles. The molecule has 256 valence electrons. The van der Waals surface area contributed by atoms with Gasteiger partial charge in [0, 0.05) is 36.8 Å². The Labute approximate surface area is 269 Å². The third kappa shape index (κ3) is 6.36. The van der Waals surface area contributed by atoms with Gasteiger partial charge in [0.05, 0.1) is 18.1 Å². The molecule has 8 N–H and O–H groups in total. The zero-order valence-corrected chi connectivity index (χ0v) is 26.9. The number of nitrogens with two attached hydrogens (primary N) is 2. The van der Waals surface area contributed by atoms with E-state index in [0.29, 0.717) is 25.2 Å². The Morgan fingerprint density at radius 2 is 1.89 bits per heavy atom. The molecule has 4 fully saturated rings. The van der Waals surface area contributed by atoms with Gasteiger partial charge in [0.1, 0.15) is 18.8 Å². The summed E-state index contributed by atoms with van der Waals surface area (Å²) in [5.41, 5.74) is 9.70. The Bertz CT molecular complexity index is 1280. The van der Waals surface area contributed by atoms with E-state index < -0.39 is 41.0 Å². The van der Waals surface area contributed by atoms with Crippen LogP contribution in [0.25, 0.3) is 0 Å². The van der Waals surface area contributed by atoms with E-state index in [1.54, 1.807) is 0 Å². The summed E-state index contributed by atoms with van der Waals surface area (Å²) in [6.07, 6.45) is 6.66. The van der Waals surface area contributed by atoms with Crippen LogP contribution >= 0.6 is 0 Å². The predicted octanol–water partition coefficient (Wildman–Crippen LogP) is 1.53. The van der Waals surface area contributed by atoms with Crippen molar-refractivity contribution >= 4 is 29.8 Å². The van der Waals surface area contributed by atoms with Crippen molar-refractivity contribution in [3.63, 3.8) is 0 Å². The number of carboxylic acid groups (broad SMARTS) is 1. The van der Waals surface area contributed by atoms with Crippen molar-refractivity contribution in [2.24, 2.45) is 51.0 Å². The van der Waals surface area contributed by atoms with Crippen molar-refractivity contribution in [3.8, 4) is 0 Å². The minimum Gasteiger partial charge on any atom is -0.480 e. The highest BCUT2D eigenvalue weighted by Crippen LogP contribution is 2.70. The summed E-state index contributed by atoms with van der Waals surface area (Å²) in [6, 6.07) is -1.10. The van der Waals surface area contributed by atoms with Crippen LogP contribution in [0, 0.1) is 34.5 Å². The fourth-order valence-corrected chi connectivity index (χ4v) is 10.0. The minimum atomic E-state index is -1.17. The number of rotatable bonds is 11. The van der Waals surface area contributed by atoms with Gasteiger partial charge in [-0.2, -0.15) is 0 Å². The van der Waals surface area contributed by atoms with E-state index in [-0.39, 0.29) is 73.6 Å². The van der Waals surface area contributed by atoms with Gasteiger partial charge < -0.3 is 41.6 Å². The average molecular weight is 647 g/mol. The molecule has 0 unspecified atom stereocenters. The zero-order chi connectivity index (χ0) is 33.4. The summed E-state index contributed by atoms with van der Waals surface area (Å²) in [7, 11) is 0. The number of nitrogens with zero attached hydrogens (tertiary/aromatic N) is 1. The predicted molar refractivity (Wildman–Crippen MR) is 166 cm³/mol. The van der Waals surface area contributed by atoms with Gasteiger partial charge in [0.2, 0.25) is 5.91 Å². The van der Waals surface area contributed by atoms with Crippen LogP contribution in [0.5, 0.6) is 0 Å². The number of aliphatic hydroxyl groups is 2. The molecule has 1 amide bonds. The lowest BCUT2D eigenvalue weighted by Crippen LogP contribution is -2.62. The molecule has 0 bridgehead atoms. The summed E-state index contributed by atoms with van der Waals surface area (Å²) in [5, 5.41) is 35.5. The van der Waals surface area contributed by atoms with Crippen LogP contribution in [0.2, 0.25) is 0 Å². The number of amides is 1. The van der Waals surface area contributed by atoms with Crippen LogP contribution < -0.4 is 16.8 Å². The Kier molecular flexibility index (Phi) is 9.75. The van der Waals surface area contributed by atoms with Crippen LogP contribution in [0.15, 0.2) is 16.6 Å². The largest absolute Gasteiger partial charge is 0.480 e. The monoisotopic (exact) mass is 646 g/mol. The quantitative estimate of drug-likeness (QED) is 0.0817. The smallest absolute Gasteiger partial charge is 0.331 e. The number of aliphatic carboxylic acids is 1. The highest BCUT2D eigenvalue weighted by Gasteiger charge is 2.70. The zero-order valence-electron chi connectivity index (χ0n) is 26.9. The molecule has 13 nitrogen and oxygen atoms in total. The van der Waals surface area contributed by atoms with Crippen molar-refractivity contribution in [1.82, 2.24) is 5.32 Å². The highest BCUT2D eigenvalue weighted by molar-refractivity contribution is 5.86. The van der Waals surface area contributed by atoms with Crippen molar-refractivity contribution < 1.29 is 44.0 Å². The molecule has 1 aliphatic heterocycles. The van der Waals surface area contributed by atoms with Gasteiger partial charge in [-0.1, -0.05) is 13.8 Å². The SMILES string of the molecule is C[C@]12CC[C@H](OC(=O)CCC(=O)N[C@@H](CCCN=C(N)N)C(=O)O)C[C@H]1CC[C@@H]1[C@@H]2CC[C@]2(C)[C@@H](C3=CC(=O)OC3)[C@@H](O)C[C@]12O. The Morgan fingerprint density at radius 1 is 1.13 bits per heavy atom. The second kappa shape index (κ2) is 13.1. The Balaban J connectivity index is 1.13. The van der Waals surface area contributed by atoms with Crippen LogP contribution in [0.1, 0.15) is 90.9 Å². The topological polar surface area (TPSA) is 224 Å². The fourth-order valence-electron chi connectivity index (χ4n) is 10.0. The minimum absolute atomic E-state index is 0.0320. The van der Waals surface area contributed by atoms with Gasteiger partial charge in [0.25, 0.3) is 0 Å². The molecule has 4 aliphatic carbocycles. The Morgan fingerprint density at radius 3 is 2.57 bits per heavy atom. The maximum Gasteiger partial charge on any atom is 0.331 e. The van der Waals surface area contributed by atoms with E-state index in [2.05, 4.69) is 24.2 Å². The van der Waals surface area contributed by atoms with Crippen LogP contribution in [0.4, 0.5) is 0 Å². The molecule has 5 rings (SSSR count). The molecule has 0 spiro atoms. The molecular weight excluding hydrogens is 596 g/mol. The van der Waals surface area contributed by atoms with Gasteiger partial charge in [-0.15, -0.1) is 0 Å². The van der Waals surface area contributed by atoms with E-state index in [1.807, 2.05) is 0 Å². The number of fused-ring (bicyclic) bond motifs is 5. The van der Waals surface area contributed by atoms with Gasteiger partial charge in [0.15, 0.2) is 5.96 Å². The fraction of sp³-hybridized carbons (Fsp3) is 0.788. The van der Waals surface area contributed by atoms with Gasteiger partial charge in [-0.3, -0.25) is 14.6 Å². The summed E-state index contributed by atoms with van der Waals surface area (Å²) in [5.74, 6) is -2.34. The van der Waals surface area contributed by atoms with E-state index in [4.69, 9.17) is 20.9 Å². The molecule has 0 aromatic heterocycles. The van der Waals surface area contributed by atoms with Crippen molar-refractivity contribution in [1.29, 1.82) is 0 Å². The Hall–Kier alpha value is -3.19. The number of carboxylic acids is 1. The van der Waals surface area contributed by atoms with Crippen molar-refractivity contribution in [2.75, 3.05) is 13.2 Å². The number of aliphatic hydroxyl groups excluding tert-OH is 1. The van der Waals surface area contributed by atoms with E-state index >= 15 is 0 Å². The second-order valence-electron chi connectivity index (χ2n) is 14.7. The number of esters is 2. The molecule has 0 aromatic carbocycles. The number of guanidine groups is 1.